The SMILES string of the molecule is CCCOc1ccccc1C(=O)C1CC2CC2C1. The molecule has 0 spiro atoms. The van der Waals surface area contributed by atoms with E-state index in [1.807, 2.05) is 24.3 Å². The fourth-order valence-electron chi connectivity index (χ4n) is 3.16. The van der Waals surface area contributed by atoms with Gasteiger partial charge in [-0.1, -0.05) is 19.1 Å². The first-order chi connectivity index (χ1) is 8.79. The Labute approximate surface area is 108 Å². The molecule has 0 N–H and O–H groups in total. The van der Waals surface area contributed by atoms with Gasteiger partial charge in [-0.3, -0.25) is 4.79 Å². The minimum atomic E-state index is 0.250. The monoisotopic (exact) mass is 244 g/mol. The lowest BCUT2D eigenvalue weighted by molar-refractivity contribution is 0.0910. The molecular weight excluding hydrogens is 224 g/mol. The molecule has 2 heteroatoms. The van der Waals surface area contributed by atoms with Crippen molar-refractivity contribution < 1.29 is 9.53 Å². The molecule has 2 unspecified atom stereocenters. The topological polar surface area (TPSA) is 26.3 Å². The van der Waals surface area contributed by atoms with E-state index in [1.54, 1.807) is 0 Å². The first kappa shape index (κ1) is 11.8. The van der Waals surface area contributed by atoms with E-state index in [-0.39, 0.29) is 5.92 Å². The maximum atomic E-state index is 12.5. The van der Waals surface area contributed by atoms with E-state index in [4.69, 9.17) is 4.74 Å². The van der Waals surface area contributed by atoms with Gasteiger partial charge >= 0.3 is 0 Å². The van der Waals surface area contributed by atoms with Crippen molar-refractivity contribution in [2.45, 2.75) is 32.6 Å². The Morgan fingerprint density at radius 3 is 2.67 bits per heavy atom. The first-order valence-electron chi connectivity index (χ1n) is 7.05. The van der Waals surface area contributed by atoms with E-state index < -0.39 is 0 Å². The number of Topliss-reactive ketones (excluding diaryl/α,β-unsaturated/α-hetero) is 1. The van der Waals surface area contributed by atoms with Crippen LogP contribution in [-0.2, 0) is 0 Å². The molecule has 0 bridgehead atoms. The molecule has 2 aliphatic rings. The molecule has 1 aromatic carbocycles. The molecule has 0 radical (unpaired) electrons. The summed E-state index contributed by atoms with van der Waals surface area (Å²) in [5, 5.41) is 0. The summed E-state index contributed by atoms with van der Waals surface area (Å²) >= 11 is 0. The maximum absolute atomic E-state index is 12.5. The molecule has 0 aliphatic heterocycles. The van der Waals surface area contributed by atoms with Gasteiger partial charge in [-0.25, -0.2) is 0 Å². The Kier molecular flexibility index (Phi) is 3.11. The highest BCUT2D eigenvalue weighted by atomic mass is 16.5. The molecule has 96 valence electrons. The molecule has 1 aromatic rings. The highest BCUT2D eigenvalue weighted by molar-refractivity contribution is 6.00. The Hall–Kier alpha value is -1.31. The molecule has 18 heavy (non-hydrogen) atoms. The molecule has 0 amide bonds. The van der Waals surface area contributed by atoms with Gasteiger partial charge in [0.15, 0.2) is 5.78 Å². The normalized spacial score (nSPS) is 28.8. The fourth-order valence-corrected chi connectivity index (χ4v) is 3.16. The highest BCUT2D eigenvalue weighted by Crippen LogP contribution is 2.55. The summed E-state index contributed by atoms with van der Waals surface area (Å²) in [6, 6.07) is 7.70. The number of hydrogen-bond acceptors (Lipinski definition) is 2. The molecular formula is C16H20O2. The van der Waals surface area contributed by atoms with E-state index in [2.05, 4.69) is 6.92 Å². The molecule has 2 fully saturated rings. The quantitative estimate of drug-likeness (QED) is 0.738. The van der Waals surface area contributed by atoms with Crippen molar-refractivity contribution in [1.82, 2.24) is 0 Å². The average molecular weight is 244 g/mol. The lowest BCUT2D eigenvalue weighted by Crippen LogP contribution is -2.14. The van der Waals surface area contributed by atoms with Crippen LogP contribution >= 0.6 is 0 Å². The van der Waals surface area contributed by atoms with Crippen LogP contribution in [0, 0.1) is 17.8 Å². The number of rotatable bonds is 5. The zero-order valence-corrected chi connectivity index (χ0v) is 10.9. The highest BCUT2D eigenvalue weighted by Gasteiger charge is 2.48. The summed E-state index contributed by atoms with van der Waals surface area (Å²) in [4.78, 5) is 12.5. The third-order valence-corrected chi connectivity index (χ3v) is 4.23. The van der Waals surface area contributed by atoms with Crippen molar-refractivity contribution in [2.75, 3.05) is 6.61 Å². The second-order valence-electron chi connectivity index (χ2n) is 5.63. The van der Waals surface area contributed by atoms with E-state index in [0.717, 1.165) is 42.4 Å². The molecule has 0 aromatic heterocycles. The molecule has 3 rings (SSSR count). The van der Waals surface area contributed by atoms with Crippen LogP contribution in [0.25, 0.3) is 0 Å². The third kappa shape index (κ3) is 2.16. The third-order valence-electron chi connectivity index (χ3n) is 4.23. The number of carbonyl (C=O) groups excluding carboxylic acids is 1. The van der Waals surface area contributed by atoms with E-state index in [1.165, 1.54) is 6.42 Å². The summed E-state index contributed by atoms with van der Waals surface area (Å²) < 4.78 is 5.68. The zero-order valence-electron chi connectivity index (χ0n) is 10.9. The lowest BCUT2D eigenvalue weighted by atomic mass is 9.93. The second-order valence-corrected chi connectivity index (χ2v) is 5.63. The van der Waals surface area contributed by atoms with Crippen molar-refractivity contribution in [3.05, 3.63) is 29.8 Å². The number of carbonyl (C=O) groups is 1. The largest absolute Gasteiger partial charge is 0.493 e. The van der Waals surface area contributed by atoms with Gasteiger partial charge in [-0.15, -0.1) is 0 Å². The van der Waals surface area contributed by atoms with Crippen LogP contribution in [0.3, 0.4) is 0 Å². The molecule has 2 saturated carbocycles. The number of hydrogen-bond donors (Lipinski definition) is 0. The lowest BCUT2D eigenvalue weighted by Gasteiger charge is -2.14. The number of ether oxygens (including phenoxy) is 1. The van der Waals surface area contributed by atoms with Crippen LogP contribution in [-0.4, -0.2) is 12.4 Å². The van der Waals surface area contributed by atoms with Crippen LogP contribution in [0.1, 0.15) is 43.0 Å². The first-order valence-corrected chi connectivity index (χ1v) is 7.05. The van der Waals surface area contributed by atoms with Gasteiger partial charge in [0.25, 0.3) is 0 Å². The van der Waals surface area contributed by atoms with E-state index in [0.29, 0.717) is 12.4 Å². The number of benzene rings is 1. The maximum Gasteiger partial charge on any atom is 0.169 e. The van der Waals surface area contributed by atoms with Crippen molar-refractivity contribution in [3.63, 3.8) is 0 Å². The van der Waals surface area contributed by atoms with Crippen LogP contribution in [0.2, 0.25) is 0 Å². The molecule has 2 atom stereocenters. The van der Waals surface area contributed by atoms with Crippen molar-refractivity contribution in [2.24, 2.45) is 17.8 Å². The van der Waals surface area contributed by atoms with Gasteiger partial charge in [-0.05, 0) is 49.7 Å². The van der Waals surface area contributed by atoms with Crippen molar-refractivity contribution >= 4 is 5.78 Å². The minimum absolute atomic E-state index is 0.250. The van der Waals surface area contributed by atoms with Crippen LogP contribution < -0.4 is 4.74 Å². The predicted octanol–water partition coefficient (Wildman–Crippen LogP) is 3.70. The van der Waals surface area contributed by atoms with Crippen molar-refractivity contribution in [3.8, 4) is 5.75 Å². The van der Waals surface area contributed by atoms with Gasteiger partial charge in [0.2, 0.25) is 0 Å². The van der Waals surface area contributed by atoms with E-state index >= 15 is 0 Å². The number of para-hydroxylation sites is 1. The smallest absolute Gasteiger partial charge is 0.169 e. The number of fused-ring (bicyclic) bond motifs is 1. The van der Waals surface area contributed by atoms with Crippen LogP contribution in [0.4, 0.5) is 0 Å². The van der Waals surface area contributed by atoms with Crippen LogP contribution in [0.5, 0.6) is 5.75 Å². The van der Waals surface area contributed by atoms with Gasteiger partial charge in [0.05, 0.1) is 12.2 Å². The Balaban J connectivity index is 1.75. The predicted molar refractivity (Wildman–Crippen MR) is 70.9 cm³/mol. The van der Waals surface area contributed by atoms with Gasteiger partial charge in [0.1, 0.15) is 5.75 Å². The summed E-state index contributed by atoms with van der Waals surface area (Å²) in [7, 11) is 0. The minimum Gasteiger partial charge on any atom is -0.493 e. The zero-order chi connectivity index (χ0) is 12.5. The second kappa shape index (κ2) is 4.75. The van der Waals surface area contributed by atoms with E-state index in [9.17, 15) is 4.79 Å². The van der Waals surface area contributed by atoms with Crippen LogP contribution in [0.15, 0.2) is 24.3 Å². The fraction of sp³-hybridized carbons (Fsp3) is 0.562. The summed E-state index contributed by atoms with van der Waals surface area (Å²) in [6.07, 6.45) is 4.53. The summed E-state index contributed by atoms with van der Waals surface area (Å²) in [5.41, 5.74) is 0.789. The Bertz CT molecular complexity index is 442. The Morgan fingerprint density at radius 2 is 1.94 bits per heavy atom. The van der Waals surface area contributed by atoms with Gasteiger partial charge in [-0.2, -0.15) is 0 Å². The molecule has 2 aliphatic carbocycles. The van der Waals surface area contributed by atoms with Gasteiger partial charge < -0.3 is 4.74 Å². The summed E-state index contributed by atoms with van der Waals surface area (Å²) in [6.45, 7) is 2.76. The molecule has 0 heterocycles. The summed E-state index contributed by atoms with van der Waals surface area (Å²) in [5.74, 6) is 3.02. The Morgan fingerprint density at radius 1 is 1.22 bits per heavy atom. The number of ketones is 1. The molecule has 2 nitrogen and oxygen atoms in total. The van der Waals surface area contributed by atoms with Crippen molar-refractivity contribution in [1.29, 1.82) is 0 Å². The standard InChI is InChI=1S/C16H20O2/c1-2-7-18-15-6-4-3-5-14(15)16(17)13-9-11-8-12(11)10-13/h3-6,11-13H,2,7-10H2,1H3. The van der Waals surface area contributed by atoms with Gasteiger partial charge in [0, 0.05) is 5.92 Å². The molecule has 0 saturated heterocycles. The average Bonchev–Trinajstić information content (AvgIpc) is 3.02.